The van der Waals surface area contributed by atoms with Crippen molar-refractivity contribution >= 4 is 5.57 Å². The molecular formula is C19H22. The van der Waals surface area contributed by atoms with E-state index in [0.29, 0.717) is 5.41 Å². The summed E-state index contributed by atoms with van der Waals surface area (Å²) in [5.41, 5.74) is 9.02. The molecule has 2 aliphatic carbocycles. The average molecular weight is 250 g/mol. The molecule has 0 heterocycles. The standard InChI is InChI=1S/C19H22/c1-5-15-11-14-9-10-16-13(2)7-6-8-17(16)18(14)12-19(15,3)4/h5-7,9-10H,2,8,11-12H2,1,3-4H3. The van der Waals surface area contributed by atoms with Crippen molar-refractivity contribution in [3.8, 4) is 0 Å². The van der Waals surface area contributed by atoms with Crippen LogP contribution in [-0.2, 0) is 19.3 Å². The molecule has 0 atom stereocenters. The zero-order chi connectivity index (χ0) is 13.6. The molecule has 0 bridgehead atoms. The summed E-state index contributed by atoms with van der Waals surface area (Å²) in [6.45, 7) is 11.1. The molecule has 0 amide bonds. The lowest BCUT2D eigenvalue weighted by Gasteiger charge is -2.36. The van der Waals surface area contributed by atoms with E-state index >= 15 is 0 Å². The van der Waals surface area contributed by atoms with Gasteiger partial charge in [0.2, 0.25) is 0 Å². The summed E-state index contributed by atoms with van der Waals surface area (Å²) >= 11 is 0. The fraction of sp³-hybridized carbons (Fsp3) is 0.368. The van der Waals surface area contributed by atoms with E-state index in [9.17, 15) is 0 Å². The maximum absolute atomic E-state index is 4.17. The van der Waals surface area contributed by atoms with Gasteiger partial charge >= 0.3 is 0 Å². The van der Waals surface area contributed by atoms with E-state index in [-0.39, 0.29) is 0 Å². The lowest BCUT2D eigenvalue weighted by molar-refractivity contribution is 0.414. The summed E-state index contributed by atoms with van der Waals surface area (Å²) in [4.78, 5) is 0. The topological polar surface area (TPSA) is 0 Å². The number of hydrogen-bond donors (Lipinski definition) is 0. The Morgan fingerprint density at radius 3 is 2.74 bits per heavy atom. The van der Waals surface area contributed by atoms with Crippen molar-refractivity contribution in [3.63, 3.8) is 0 Å². The molecule has 0 nitrogen and oxygen atoms in total. The first-order valence-corrected chi connectivity index (χ1v) is 7.18. The Morgan fingerprint density at radius 2 is 2.00 bits per heavy atom. The van der Waals surface area contributed by atoms with E-state index in [1.165, 1.54) is 22.3 Å². The van der Waals surface area contributed by atoms with Gasteiger partial charge in [0, 0.05) is 0 Å². The molecule has 1 aromatic rings. The zero-order valence-corrected chi connectivity index (χ0v) is 12.2. The summed E-state index contributed by atoms with van der Waals surface area (Å²) in [6, 6.07) is 4.59. The number of rotatable bonds is 0. The van der Waals surface area contributed by atoms with Gasteiger partial charge in [-0.2, -0.15) is 0 Å². The summed E-state index contributed by atoms with van der Waals surface area (Å²) in [7, 11) is 0. The molecule has 0 radical (unpaired) electrons. The van der Waals surface area contributed by atoms with Gasteiger partial charge in [-0.3, -0.25) is 0 Å². The Kier molecular flexibility index (Phi) is 2.78. The summed E-state index contributed by atoms with van der Waals surface area (Å²) in [5, 5.41) is 0. The van der Waals surface area contributed by atoms with E-state index in [1.54, 1.807) is 11.1 Å². The molecule has 0 spiro atoms. The van der Waals surface area contributed by atoms with E-state index < -0.39 is 0 Å². The highest BCUT2D eigenvalue weighted by Crippen LogP contribution is 2.42. The molecule has 0 saturated carbocycles. The normalized spacial score (nSPS) is 22.3. The molecule has 0 unspecified atom stereocenters. The van der Waals surface area contributed by atoms with Crippen LogP contribution in [0.5, 0.6) is 0 Å². The van der Waals surface area contributed by atoms with Crippen molar-refractivity contribution in [1.82, 2.24) is 0 Å². The van der Waals surface area contributed by atoms with Crippen LogP contribution < -0.4 is 0 Å². The minimum Gasteiger partial charge on any atom is -0.0912 e. The van der Waals surface area contributed by atoms with Gasteiger partial charge in [-0.1, -0.05) is 56.4 Å². The molecule has 2 aliphatic rings. The van der Waals surface area contributed by atoms with Crippen molar-refractivity contribution in [3.05, 3.63) is 64.8 Å². The van der Waals surface area contributed by atoms with Gasteiger partial charge in [0.25, 0.3) is 0 Å². The monoisotopic (exact) mass is 250 g/mol. The van der Waals surface area contributed by atoms with Crippen molar-refractivity contribution in [2.24, 2.45) is 5.41 Å². The highest BCUT2D eigenvalue weighted by atomic mass is 14.4. The Bertz CT molecular complexity index is 609. The van der Waals surface area contributed by atoms with Crippen molar-refractivity contribution in [2.45, 2.75) is 40.0 Å². The minimum absolute atomic E-state index is 0.291. The van der Waals surface area contributed by atoms with Crippen LogP contribution in [0.4, 0.5) is 0 Å². The molecule has 3 rings (SSSR count). The van der Waals surface area contributed by atoms with E-state index in [1.807, 2.05) is 0 Å². The van der Waals surface area contributed by atoms with Gasteiger partial charge < -0.3 is 0 Å². The van der Waals surface area contributed by atoms with E-state index in [2.05, 4.69) is 57.7 Å². The van der Waals surface area contributed by atoms with Crippen LogP contribution in [0.15, 0.2) is 42.5 Å². The first-order chi connectivity index (χ1) is 9.03. The first-order valence-electron chi connectivity index (χ1n) is 7.18. The van der Waals surface area contributed by atoms with Crippen LogP contribution in [-0.4, -0.2) is 0 Å². The van der Waals surface area contributed by atoms with Crippen LogP contribution in [0.3, 0.4) is 0 Å². The second kappa shape index (κ2) is 4.23. The second-order valence-corrected chi connectivity index (χ2v) is 6.41. The van der Waals surface area contributed by atoms with Gasteiger partial charge in [-0.15, -0.1) is 0 Å². The second-order valence-electron chi connectivity index (χ2n) is 6.41. The number of allylic oxidation sites excluding steroid dienone is 5. The molecule has 0 saturated heterocycles. The third-order valence-electron chi connectivity index (χ3n) is 4.73. The van der Waals surface area contributed by atoms with Gasteiger partial charge in [0.1, 0.15) is 0 Å². The third-order valence-corrected chi connectivity index (χ3v) is 4.73. The van der Waals surface area contributed by atoms with Crippen LogP contribution in [0.1, 0.15) is 43.0 Å². The van der Waals surface area contributed by atoms with Crippen molar-refractivity contribution in [1.29, 1.82) is 0 Å². The summed E-state index contributed by atoms with van der Waals surface area (Å²) < 4.78 is 0. The van der Waals surface area contributed by atoms with Crippen molar-refractivity contribution < 1.29 is 0 Å². The maximum atomic E-state index is 4.17. The molecule has 0 aromatic heterocycles. The molecule has 0 aliphatic heterocycles. The summed E-state index contributed by atoms with van der Waals surface area (Å²) in [6.07, 6.45) is 10.1. The molecular weight excluding hydrogens is 228 g/mol. The highest BCUT2D eigenvalue weighted by Gasteiger charge is 2.31. The SMILES string of the molecule is C=C1C=CCc2c1ccc1c2CC(C)(C)C(=CC)C1. The number of hydrogen-bond acceptors (Lipinski definition) is 0. The van der Waals surface area contributed by atoms with Crippen LogP contribution in [0.25, 0.3) is 5.57 Å². The summed E-state index contributed by atoms with van der Waals surface area (Å²) in [5.74, 6) is 0. The smallest absolute Gasteiger partial charge is 0.00589 e. The minimum atomic E-state index is 0.291. The van der Waals surface area contributed by atoms with Crippen LogP contribution >= 0.6 is 0 Å². The molecule has 98 valence electrons. The van der Waals surface area contributed by atoms with Crippen LogP contribution in [0.2, 0.25) is 0 Å². The fourth-order valence-electron chi connectivity index (χ4n) is 3.56. The zero-order valence-electron chi connectivity index (χ0n) is 12.2. The average Bonchev–Trinajstić information content (AvgIpc) is 2.37. The Labute approximate surface area is 116 Å². The Hall–Kier alpha value is -1.56. The number of fused-ring (bicyclic) bond motifs is 3. The van der Waals surface area contributed by atoms with Gasteiger partial charge in [0.05, 0.1) is 0 Å². The molecule has 0 N–H and O–H groups in total. The van der Waals surface area contributed by atoms with E-state index in [4.69, 9.17) is 0 Å². The molecule has 0 heteroatoms. The predicted octanol–water partition coefficient (Wildman–Crippen LogP) is 4.88. The fourth-order valence-corrected chi connectivity index (χ4v) is 3.56. The van der Waals surface area contributed by atoms with Gasteiger partial charge in [-0.25, -0.2) is 0 Å². The van der Waals surface area contributed by atoms with Crippen LogP contribution in [0, 0.1) is 5.41 Å². The van der Waals surface area contributed by atoms with Gasteiger partial charge in [0.15, 0.2) is 0 Å². The third kappa shape index (κ3) is 1.90. The lowest BCUT2D eigenvalue weighted by atomic mass is 9.68. The van der Waals surface area contributed by atoms with Gasteiger partial charge in [-0.05, 0) is 59.4 Å². The largest absolute Gasteiger partial charge is 0.0912 e. The molecule has 0 fully saturated rings. The Morgan fingerprint density at radius 1 is 1.21 bits per heavy atom. The molecule has 19 heavy (non-hydrogen) atoms. The lowest BCUT2D eigenvalue weighted by Crippen LogP contribution is -2.27. The van der Waals surface area contributed by atoms with Crippen molar-refractivity contribution in [2.75, 3.05) is 0 Å². The Balaban J connectivity index is 2.16. The highest BCUT2D eigenvalue weighted by molar-refractivity contribution is 5.78. The quantitative estimate of drug-likeness (QED) is 0.575. The van der Waals surface area contributed by atoms with E-state index in [0.717, 1.165) is 19.3 Å². The first kappa shape index (κ1) is 12.5. The predicted molar refractivity (Wildman–Crippen MR) is 83.3 cm³/mol. The maximum Gasteiger partial charge on any atom is -0.00589 e. The molecule has 1 aromatic carbocycles. The number of benzene rings is 1.